The van der Waals surface area contributed by atoms with Crippen molar-refractivity contribution in [3.05, 3.63) is 0 Å². The van der Waals surface area contributed by atoms with Crippen molar-refractivity contribution >= 4 is 17.6 Å². The molecule has 0 amide bonds. The van der Waals surface area contributed by atoms with Gasteiger partial charge in [-0.2, -0.15) is 0 Å². The molecule has 0 aromatic heterocycles. The first kappa shape index (κ1) is 5.89. The molecule has 1 aliphatic carbocycles. The maximum absolute atomic E-state index is 10.5. The second-order valence-electron chi connectivity index (χ2n) is 1.88. The standard InChI is InChI=1S/C5H7ClO2/c1-8-5(7)3-2-4(3)6/h3-4H,2H2,1H3/t3-,4-/m1/s1. The number of hydrogen-bond acceptors (Lipinski definition) is 2. The molecule has 0 unspecified atom stereocenters. The van der Waals surface area contributed by atoms with Gasteiger partial charge in [0, 0.05) is 5.38 Å². The number of methoxy groups -OCH3 is 1. The van der Waals surface area contributed by atoms with Crippen LogP contribution in [0.5, 0.6) is 0 Å². The molecule has 0 bridgehead atoms. The van der Waals surface area contributed by atoms with Crippen LogP contribution in [0.3, 0.4) is 0 Å². The monoisotopic (exact) mass is 134 g/mol. The first-order valence-corrected chi connectivity index (χ1v) is 2.91. The van der Waals surface area contributed by atoms with Gasteiger partial charge in [0.05, 0.1) is 13.0 Å². The van der Waals surface area contributed by atoms with Crippen LogP contribution in [-0.4, -0.2) is 18.5 Å². The van der Waals surface area contributed by atoms with Crippen molar-refractivity contribution in [1.82, 2.24) is 0 Å². The molecule has 0 aromatic rings. The van der Waals surface area contributed by atoms with Crippen LogP contribution in [0.2, 0.25) is 0 Å². The number of carbonyl (C=O) groups is 1. The van der Waals surface area contributed by atoms with E-state index in [2.05, 4.69) is 4.74 Å². The lowest BCUT2D eigenvalue weighted by molar-refractivity contribution is -0.142. The minimum atomic E-state index is -0.176. The summed E-state index contributed by atoms with van der Waals surface area (Å²) >= 11 is 5.52. The van der Waals surface area contributed by atoms with Crippen molar-refractivity contribution in [1.29, 1.82) is 0 Å². The lowest BCUT2D eigenvalue weighted by Gasteiger charge is -1.90. The molecule has 2 nitrogen and oxygen atoms in total. The fourth-order valence-electron chi connectivity index (χ4n) is 0.559. The van der Waals surface area contributed by atoms with Gasteiger partial charge in [-0.15, -0.1) is 11.6 Å². The molecule has 0 aromatic carbocycles. The highest BCUT2D eigenvalue weighted by Gasteiger charge is 2.42. The number of rotatable bonds is 1. The van der Waals surface area contributed by atoms with Gasteiger partial charge in [-0.3, -0.25) is 4.79 Å². The van der Waals surface area contributed by atoms with Crippen LogP contribution in [-0.2, 0) is 9.53 Å². The van der Waals surface area contributed by atoms with E-state index >= 15 is 0 Å². The zero-order valence-electron chi connectivity index (χ0n) is 4.56. The number of halogens is 1. The Morgan fingerprint density at radius 1 is 1.88 bits per heavy atom. The van der Waals surface area contributed by atoms with E-state index in [0.717, 1.165) is 6.42 Å². The smallest absolute Gasteiger partial charge is 0.310 e. The summed E-state index contributed by atoms with van der Waals surface area (Å²) in [6.45, 7) is 0. The SMILES string of the molecule is COC(=O)[C@@H]1C[C@H]1Cl. The van der Waals surface area contributed by atoms with Crippen molar-refractivity contribution < 1.29 is 9.53 Å². The number of carbonyl (C=O) groups excluding carboxylic acids is 1. The van der Waals surface area contributed by atoms with Crippen LogP contribution < -0.4 is 0 Å². The molecule has 1 saturated carbocycles. The van der Waals surface area contributed by atoms with E-state index < -0.39 is 0 Å². The van der Waals surface area contributed by atoms with Gasteiger partial charge in [0.25, 0.3) is 0 Å². The summed E-state index contributed by atoms with van der Waals surface area (Å²) in [5.41, 5.74) is 0. The van der Waals surface area contributed by atoms with E-state index in [-0.39, 0.29) is 17.3 Å². The van der Waals surface area contributed by atoms with Crippen LogP contribution >= 0.6 is 11.6 Å². The van der Waals surface area contributed by atoms with E-state index in [0.29, 0.717) is 0 Å². The second-order valence-corrected chi connectivity index (χ2v) is 2.44. The van der Waals surface area contributed by atoms with Gasteiger partial charge in [-0.25, -0.2) is 0 Å². The zero-order valence-corrected chi connectivity index (χ0v) is 5.31. The Bertz CT molecular complexity index is 113. The van der Waals surface area contributed by atoms with Crippen LogP contribution in [0.1, 0.15) is 6.42 Å². The molecule has 1 fully saturated rings. The van der Waals surface area contributed by atoms with Crippen molar-refractivity contribution in [2.24, 2.45) is 5.92 Å². The largest absolute Gasteiger partial charge is 0.469 e. The average molecular weight is 135 g/mol. The number of hydrogen-bond donors (Lipinski definition) is 0. The third-order valence-corrected chi connectivity index (χ3v) is 1.70. The Labute approximate surface area is 52.8 Å². The molecule has 1 aliphatic rings. The minimum absolute atomic E-state index is 0.0123. The maximum Gasteiger partial charge on any atom is 0.310 e. The van der Waals surface area contributed by atoms with Gasteiger partial charge < -0.3 is 4.74 Å². The number of alkyl halides is 1. The average Bonchev–Trinajstić information content (AvgIpc) is 2.45. The third-order valence-electron chi connectivity index (χ3n) is 1.22. The highest BCUT2D eigenvalue weighted by molar-refractivity contribution is 6.24. The Morgan fingerprint density at radius 3 is 2.50 bits per heavy atom. The summed E-state index contributed by atoms with van der Waals surface area (Å²) in [5, 5.41) is 0.0439. The predicted molar refractivity (Wildman–Crippen MR) is 29.8 cm³/mol. The second kappa shape index (κ2) is 1.94. The molecule has 8 heavy (non-hydrogen) atoms. The molecule has 3 heteroatoms. The summed E-state index contributed by atoms with van der Waals surface area (Å²) < 4.78 is 4.42. The van der Waals surface area contributed by atoms with Crippen molar-refractivity contribution in [3.63, 3.8) is 0 Å². The lowest BCUT2D eigenvalue weighted by atomic mass is 10.4. The summed E-state index contributed by atoms with van der Waals surface area (Å²) in [7, 11) is 1.38. The van der Waals surface area contributed by atoms with Crippen LogP contribution in [0.25, 0.3) is 0 Å². The summed E-state index contributed by atoms with van der Waals surface area (Å²) in [4.78, 5) is 10.5. The van der Waals surface area contributed by atoms with Gasteiger partial charge in [0.2, 0.25) is 0 Å². The molecule has 46 valence electrons. The van der Waals surface area contributed by atoms with Crippen LogP contribution in [0, 0.1) is 5.92 Å². The van der Waals surface area contributed by atoms with E-state index in [9.17, 15) is 4.79 Å². The Kier molecular flexibility index (Phi) is 1.43. The molecule has 0 saturated heterocycles. The Balaban J connectivity index is 2.28. The molecule has 2 atom stereocenters. The Morgan fingerprint density at radius 2 is 2.38 bits per heavy atom. The highest BCUT2D eigenvalue weighted by atomic mass is 35.5. The van der Waals surface area contributed by atoms with E-state index in [1.165, 1.54) is 7.11 Å². The normalized spacial score (nSPS) is 34.2. The predicted octanol–water partition coefficient (Wildman–Crippen LogP) is 0.787. The van der Waals surface area contributed by atoms with Gasteiger partial charge in [0.1, 0.15) is 0 Å². The molecule has 0 spiro atoms. The fourth-order valence-corrected chi connectivity index (χ4v) is 0.854. The van der Waals surface area contributed by atoms with Crippen LogP contribution in [0.15, 0.2) is 0 Å². The molecule has 0 heterocycles. The third kappa shape index (κ3) is 0.944. The van der Waals surface area contributed by atoms with Gasteiger partial charge in [-0.05, 0) is 6.42 Å². The summed E-state index contributed by atoms with van der Waals surface area (Å²) in [6.07, 6.45) is 0.786. The first-order valence-electron chi connectivity index (χ1n) is 2.47. The first-order chi connectivity index (χ1) is 3.75. The molecular formula is C5H7ClO2. The minimum Gasteiger partial charge on any atom is -0.469 e. The number of ether oxygens (including phenoxy) is 1. The lowest BCUT2D eigenvalue weighted by Crippen LogP contribution is -2.03. The van der Waals surface area contributed by atoms with Gasteiger partial charge in [-0.1, -0.05) is 0 Å². The quantitative estimate of drug-likeness (QED) is 0.392. The number of esters is 1. The highest BCUT2D eigenvalue weighted by Crippen LogP contribution is 2.36. The summed E-state index contributed by atoms with van der Waals surface area (Å²) in [6, 6.07) is 0. The fraction of sp³-hybridized carbons (Fsp3) is 0.800. The van der Waals surface area contributed by atoms with Crippen LogP contribution in [0.4, 0.5) is 0 Å². The Hall–Kier alpha value is -0.240. The topological polar surface area (TPSA) is 26.3 Å². The zero-order chi connectivity index (χ0) is 6.15. The van der Waals surface area contributed by atoms with Crippen molar-refractivity contribution in [3.8, 4) is 0 Å². The molecule has 0 aliphatic heterocycles. The molecule has 0 N–H and O–H groups in total. The van der Waals surface area contributed by atoms with E-state index in [1.54, 1.807) is 0 Å². The maximum atomic E-state index is 10.5. The van der Waals surface area contributed by atoms with Gasteiger partial charge >= 0.3 is 5.97 Å². The van der Waals surface area contributed by atoms with Crippen molar-refractivity contribution in [2.45, 2.75) is 11.8 Å². The van der Waals surface area contributed by atoms with Crippen molar-refractivity contribution in [2.75, 3.05) is 7.11 Å². The molecule has 1 rings (SSSR count). The summed E-state index contributed by atoms with van der Waals surface area (Å²) in [5.74, 6) is -0.188. The van der Waals surface area contributed by atoms with E-state index in [1.807, 2.05) is 0 Å². The molecular weight excluding hydrogens is 128 g/mol. The van der Waals surface area contributed by atoms with E-state index in [4.69, 9.17) is 11.6 Å². The molecule has 0 radical (unpaired) electrons. The van der Waals surface area contributed by atoms with Gasteiger partial charge in [0.15, 0.2) is 0 Å².